The quantitative estimate of drug-likeness (QED) is 0.189. The third kappa shape index (κ3) is 8.53. The first-order valence-electron chi connectivity index (χ1n) is 12.6. The van der Waals surface area contributed by atoms with E-state index in [-0.39, 0.29) is 35.7 Å². The lowest BCUT2D eigenvalue weighted by atomic mass is 10.0. The fourth-order valence-electron chi connectivity index (χ4n) is 3.78. The Morgan fingerprint density at radius 2 is 1.71 bits per heavy atom. The summed E-state index contributed by atoms with van der Waals surface area (Å²) in [6.45, 7) is 19.7. The van der Waals surface area contributed by atoms with Crippen molar-refractivity contribution >= 4 is 14.6 Å². The first-order chi connectivity index (χ1) is 16.2. The molecule has 0 aliphatic carbocycles. The molecule has 198 valence electrons. The molecule has 1 saturated heterocycles. The molecule has 1 aliphatic rings. The monoisotopic (exact) mass is 506 g/mol. The summed E-state index contributed by atoms with van der Waals surface area (Å²) in [4.78, 5) is 11.3. The molecule has 0 aromatic heterocycles. The van der Waals surface area contributed by atoms with Crippen molar-refractivity contribution in [3.63, 3.8) is 0 Å². The Bertz CT molecular complexity index is 827. The molecule has 0 unspecified atom stereocenters. The van der Waals surface area contributed by atoms with Crippen molar-refractivity contribution in [2.45, 2.75) is 110 Å². The van der Waals surface area contributed by atoms with Crippen LogP contribution in [0.3, 0.4) is 0 Å². The molecule has 0 saturated carbocycles. The zero-order chi connectivity index (χ0) is 26.4. The fraction of sp³-hybridized carbons (Fsp3) is 0.679. The van der Waals surface area contributed by atoms with Gasteiger partial charge >= 0.3 is 0 Å². The van der Waals surface area contributed by atoms with E-state index in [0.29, 0.717) is 6.61 Å². The number of aldehydes is 1. The van der Waals surface area contributed by atoms with E-state index in [1.165, 1.54) is 0 Å². The molecule has 0 spiro atoms. The van der Waals surface area contributed by atoms with Crippen molar-refractivity contribution in [3.8, 4) is 5.75 Å². The second kappa shape index (κ2) is 12.1. The van der Waals surface area contributed by atoms with Gasteiger partial charge in [-0.1, -0.05) is 52.0 Å². The number of methoxy groups -OCH3 is 1. The topological polar surface area (TPSA) is 63.2 Å². The maximum atomic E-state index is 11.3. The summed E-state index contributed by atoms with van der Waals surface area (Å²) >= 11 is 0. The van der Waals surface area contributed by atoms with Crippen molar-refractivity contribution in [2.75, 3.05) is 7.11 Å². The minimum Gasteiger partial charge on any atom is -0.497 e. The van der Waals surface area contributed by atoms with Gasteiger partial charge in [0.2, 0.25) is 0 Å². The summed E-state index contributed by atoms with van der Waals surface area (Å²) < 4.78 is 30.4. The standard InChI is InChI=1S/C28H46O6Si/c1-20(21(2)34-35(9,10)27(3,4)5)11-16-24(26-25(17-18-29)32-28(6,7)33-26)31-19-22-12-14-23(30-8)15-13-22/h11-16,18,20-21,24-26H,17,19H2,1-10H3/t20-,21-,24-,25+,26-/m1/s1. The van der Waals surface area contributed by atoms with Crippen LogP contribution in [0.5, 0.6) is 5.75 Å². The van der Waals surface area contributed by atoms with Crippen LogP contribution in [0.4, 0.5) is 0 Å². The summed E-state index contributed by atoms with van der Waals surface area (Å²) in [6.07, 6.45) is 4.24. The highest BCUT2D eigenvalue weighted by molar-refractivity contribution is 6.74. The smallest absolute Gasteiger partial charge is 0.192 e. The van der Waals surface area contributed by atoms with Crippen LogP contribution >= 0.6 is 0 Å². The Hall–Kier alpha value is -1.51. The van der Waals surface area contributed by atoms with E-state index in [1.54, 1.807) is 7.11 Å². The van der Waals surface area contributed by atoms with E-state index in [0.717, 1.165) is 17.6 Å². The molecule has 2 rings (SSSR count). The third-order valence-corrected chi connectivity index (χ3v) is 11.7. The van der Waals surface area contributed by atoms with E-state index >= 15 is 0 Å². The van der Waals surface area contributed by atoms with Crippen LogP contribution in [0.25, 0.3) is 0 Å². The molecule has 1 heterocycles. The minimum atomic E-state index is -1.88. The number of rotatable bonds is 12. The Labute approximate surface area is 213 Å². The zero-order valence-electron chi connectivity index (χ0n) is 23.3. The van der Waals surface area contributed by atoms with Gasteiger partial charge in [0, 0.05) is 12.5 Å². The number of carbonyl (C=O) groups excluding carboxylic acids is 1. The number of hydrogen-bond donors (Lipinski definition) is 0. The van der Waals surface area contributed by atoms with Gasteiger partial charge in [0.15, 0.2) is 14.1 Å². The van der Waals surface area contributed by atoms with Crippen LogP contribution in [0.15, 0.2) is 36.4 Å². The molecular weight excluding hydrogens is 460 g/mol. The lowest BCUT2D eigenvalue weighted by Crippen LogP contribution is -2.44. The van der Waals surface area contributed by atoms with E-state index < -0.39 is 20.2 Å². The van der Waals surface area contributed by atoms with Crippen molar-refractivity contribution in [3.05, 3.63) is 42.0 Å². The van der Waals surface area contributed by atoms with Gasteiger partial charge in [-0.3, -0.25) is 0 Å². The van der Waals surface area contributed by atoms with Crippen molar-refractivity contribution in [1.29, 1.82) is 0 Å². The molecule has 7 heteroatoms. The predicted molar refractivity (Wildman–Crippen MR) is 142 cm³/mol. The van der Waals surface area contributed by atoms with E-state index in [9.17, 15) is 4.79 Å². The van der Waals surface area contributed by atoms with Crippen molar-refractivity contribution in [1.82, 2.24) is 0 Å². The van der Waals surface area contributed by atoms with Gasteiger partial charge in [0.25, 0.3) is 0 Å². The van der Waals surface area contributed by atoms with Gasteiger partial charge in [-0.15, -0.1) is 0 Å². The summed E-state index contributed by atoms with van der Waals surface area (Å²) in [5.74, 6) is 0.198. The lowest BCUT2D eigenvalue weighted by molar-refractivity contribution is -0.156. The Morgan fingerprint density at radius 1 is 1.09 bits per heavy atom. The van der Waals surface area contributed by atoms with Gasteiger partial charge in [0.1, 0.15) is 24.2 Å². The van der Waals surface area contributed by atoms with Crippen molar-refractivity contribution < 1.29 is 28.2 Å². The normalized spacial score (nSPS) is 23.3. The number of carbonyl (C=O) groups is 1. The highest BCUT2D eigenvalue weighted by atomic mass is 28.4. The SMILES string of the molecule is COc1ccc(CO[C@H](C=C[C@@H](C)[C@@H](C)O[Si](C)(C)C(C)(C)C)[C@H]2OC(C)(C)O[C@H]2CC=O)cc1. The maximum Gasteiger partial charge on any atom is 0.192 e. The predicted octanol–water partition coefficient (Wildman–Crippen LogP) is 6.29. The van der Waals surface area contributed by atoms with E-state index in [2.05, 4.69) is 53.8 Å². The zero-order valence-corrected chi connectivity index (χ0v) is 24.3. The number of hydrogen-bond acceptors (Lipinski definition) is 6. The fourth-order valence-corrected chi connectivity index (χ4v) is 5.28. The van der Waals surface area contributed by atoms with Gasteiger partial charge in [0.05, 0.1) is 19.8 Å². The molecular formula is C28H46O6Si. The second-order valence-corrected chi connectivity index (χ2v) is 16.2. The Balaban J connectivity index is 2.20. The average Bonchev–Trinajstić information content (AvgIpc) is 3.07. The maximum absolute atomic E-state index is 11.3. The van der Waals surface area contributed by atoms with Crippen LogP contribution in [0.1, 0.15) is 60.5 Å². The van der Waals surface area contributed by atoms with Gasteiger partial charge in [-0.25, -0.2) is 0 Å². The molecule has 35 heavy (non-hydrogen) atoms. The molecule has 1 aliphatic heterocycles. The minimum absolute atomic E-state index is 0.0670. The average molecular weight is 507 g/mol. The van der Waals surface area contributed by atoms with E-state index in [1.807, 2.05) is 44.2 Å². The summed E-state index contributed by atoms with van der Waals surface area (Å²) in [7, 11) is -0.231. The summed E-state index contributed by atoms with van der Waals surface area (Å²) in [5.41, 5.74) is 1.02. The van der Waals surface area contributed by atoms with Crippen LogP contribution < -0.4 is 4.74 Å². The highest BCUT2D eigenvalue weighted by Crippen LogP contribution is 2.38. The molecule has 1 aromatic carbocycles. The van der Waals surface area contributed by atoms with Gasteiger partial charge in [-0.2, -0.15) is 0 Å². The Morgan fingerprint density at radius 3 is 2.26 bits per heavy atom. The van der Waals surface area contributed by atoms with Crippen LogP contribution in [-0.2, 0) is 30.0 Å². The Kier molecular flexibility index (Phi) is 10.3. The molecule has 5 atom stereocenters. The van der Waals surface area contributed by atoms with E-state index in [4.69, 9.17) is 23.4 Å². The number of benzene rings is 1. The van der Waals surface area contributed by atoms with Crippen molar-refractivity contribution in [2.24, 2.45) is 5.92 Å². The van der Waals surface area contributed by atoms with Crippen LogP contribution in [-0.4, -0.2) is 51.9 Å². The number of ether oxygens (including phenoxy) is 4. The molecule has 0 bridgehead atoms. The van der Waals surface area contributed by atoms with Gasteiger partial charge in [-0.05, 0) is 62.5 Å². The summed E-state index contributed by atoms with van der Waals surface area (Å²) in [6, 6.07) is 7.80. The molecule has 0 amide bonds. The van der Waals surface area contributed by atoms with Crippen LogP contribution in [0.2, 0.25) is 18.1 Å². The largest absolute Gasteiger partial charge is 0.497 e. The third-order valence-electron chi connectivity index (χ3n) is 7.11. The lowest BCUT2D eigenvalue weighted by Gasteiger charge is -2.39. The molecule has 0 N–H and O–H groups in total. The molecule has 1 aromatic rings. The molecule has 0 radical (unpaired) electrons. The summed E-state index contributed by atoms with van der Waals surface area (Å²) in [5, 5.41) is 0.150. The molecule has 1 fully saturated rings. The second-order valence-electron chi connectivity index (χ2n) is 11.5. The first kappa shape index (κ1) is 29.7. The van der Waals surface area contributed by atoms with Gasteiger partial charge < -0.3 is 28.2 Å². The van der Waals surface area contributed by atoms with Crippen LogP contribution in [0, 0.1) is 5.92 Å². The first-order valence-corrected chi connectivity index (χ1v) is 15.5. The molecule has 6 nitrogen and oxygen atoms in total. The highest BCUT2D eigenvalue weighted by Gasteiger charge is 2.45.